The van der Waals surface area contributed by atoms with Crippen LogP contribution in [0.15, 0.2) is 18.7 Å². The smallest absolute Gasteiger partial charge is 0.274 e. The van der Waals surface area contributed by atoms with Crippen molar-refractivity contribution in [3.8, 4) is 0 Å². The summed E-state index contributed by atoms with van der Waals surface area (Å²) in [5, 5.41) is 6.83. The average Bonchev–Trinajstić information content (AvgIpc) is 3.15. The highest BCUT2D eigenvalue weighted by molar-refractivity contribution is 5.95. The summed E-state index contributed by atoms with van der Waals surface area (Å²) in [6.07, 6.45) is 2.47. The van der Waals surface area contributed by atoms with Gasteiger partial charge in [0.1, 0.15) is 11.2 Å². The summed E-state index contributed by atoms with van der Waals surface area (Å²) in [7, 11) is 1.83. The number of carbonyl (C=O) groups is 2. The van der Waals surface area contributed by atoms with Gasteiger partial charge in [0.2, 0.25) is 5.91 Å². The van der Waals surface area contributed by atoms with Gasteiger partial charge in [0.05, 0.1) is 0 Å². The third-order valence-electron chi connectivity index (χ3n) is 4.86. The molecule has 7 nitrogen and oxygen atoms in total. The summed E-state index contributed by atoms with van der Waals surface area (Å²) >= 11 is 0. The van der Waals surface area contributed by atoms with Gasteiger partial charge in [-0.3, -0.25) is 19.6 Å². The molecule has 124 valence electrons. The largest absolute Gasteiger partial charge is 0.343 e. The average molecular weight is 317 g/mol. The van der Waals surface area contributed by atoms with Crippen molar-refractivity contribution >= 4 is 11.8 Å². The van der Waals surface area contributed by atoms with Gasteiger partial charge >= 0.3 is 0 Å². The maximum absolute atomic E-state index is 12.8. The minimum atomic E-state index is -0.623. The highest BCUT2D eigenvalue weighted by Crippen LogP contribution is 2.33. The molecule has 1 aromatic heterocycles. The van der Waals surface area contributed by atoms with Crippen molar-refractivity contribution in [1.82, 2.24) is 24.9 Å². The fourth-order valence-corrected chi connectivity index (χ4v) is 3.59. The lowest BCUT2D eigenvalue weighted by Crippen LogP contribution is -2.66. The molecule has 2 saturated heterocycles. The number of hydrogen-bond acceptors (Lipinski definition) is 4. The number of carbonyl (C=O) groups excluding carboxylic acids is 2. The minimum Gasteiger partial charge on any atom is -0.343 e. The SMILES string of the molecule is C=CCN1CCN(C)C(=O)[C@@]12CCN(C(=O)c1cc(C)[nH]n1)C2. The standard InChI is InChI=1S/C16H23N5O2/c1-4-6-21-9-8-19(3)15(23)16(21)5-7-20(11-16)14(22)13-10-12(2)17-18-13/h4,10H,1,5-9,11H2,2-3H3,(H,17,18)/t16-/m0/s1. The van der Waals surface area contributed by atoms with Gasteiger partial charge in [-0.25, -0.2) is 0 Å². The van der Waals surface area contributed by atoms with Crippen molar-refractivity contribution < 1.29 is 9.59 Å². The van der Waals surface area contributed by atoms with E-state index >= 15 is 0 Å². The zero-order valence-corrected chi connectivity index (χ0v) is 13.7. The van der Waals surface area contributed by atoms with E-state index in [1.165, 1.54) is 0 Å². The molecule has 7 heteroatoms. The molecule has 0 aromatic carbocycles. The molecule has 1 spiro atoms. The van der Waals surface area contributed by atoms with Gasteiger partial charge in [0.25, 0.3) is 5.91 Å². The van der Waals surface area contributed by atoms with E-state index in [1.54, 1.807) is 15.9 Å². The summed E-state index contributed by atoms with van der Waals surface area (Å²) in [5.41, 5.74) is 0.637. The highest BCUT2D eigenvalue weighted by atomic mass is 16.2. The van der Waals surface area contributed by atoms with Crippen molar-refractivity contribution in [3.63, 3.8) is 0 Å². The molecule has 0 bridgehead atoms. The van der Waals surface area contributed by atoms with Crippen molar-refractivity contribution in [2.24, 2.45) is 0 Å². The zero-order valence-electron chi connectivity index (χ0n) is 13.7. The Morgan fingerprint density at radius 1 is 1.48 bits per heavy atom. The Balaban J connectivity index is 1.83. The van der Waals surface area contributed by atoms with E-state index in [9.17, 15) is 9.59 Å². The van der Waals surface area contributed by atoms with E-state index in [4.69, 9.17) is 0 Å². The van der Waals surface area contributed by atoms with E-state index in [0.717, 1.165) is 12.2 Å². The van der Waals surface area contributed by atoms with E-state index in [-0.39, 0.29) is 11.8 Å². The lowest BCUT2D eigenvalue weighted by Gasteiger charge is -2.46. The number of nitrogens with one attached hydrogen (secondary N) is 1. The van der Waals surface area contributed by atoms with Crippen LogP contribution in [0.4, 0.5) is 0 Å². The fourth-order valence-electron chi connectivity index (χ4n) is 3.59. The Bertz CT molecular complexity index is 640. The number of piperazine rings is 1. The Morgan fingerprint density at radius 3 is 2.91 bits per heavy atom. The number of aromatic amines is 1. The van der Waals surface area contributed by atoms with Gasteiger partial charge < -0.3 is 9.80 Å². The predicted octanol–water partition coefficient (Wildman–Crippen LogP) is 0.263. The molecule has 1 aromatic rings. The number of rotatable bonds is 3. The van der Waals surface area contributed by atoms with Crippen molar-refractivity contribution in [2.75, 3.05) is 39.8 Å². The molecular formula is C16H23N5O2. The van der Waals surface area contributed by atoms with Crippen LogP contribution in [0.3, 0.4) is 0 Å². The number of likely N-dealkylation sites (tertiary alicyclic amines) is 1. The van der Waals surface area contributed by atoms with Crippen LogP contribution < -0.4 is 0 Å². The first-order valence-electron chi connectivity index (χ1n) is 7.91. The maximum atomic E-state index is 12.8. The molecule has 3 heterocycles. The normalized spacial score (nSPS) is 25.4. The van der Waals surface area contributed by atoms with Gasteiger partial charge in [0, 0.05) is 45.5 Å². The van der Waals surface area contributed by atoms with Crippen molar-refractivity contribution in [1.29, 1.82) is 0 Å². The Labute approximate surface area is 135 Å². The molecule has 3 rings (SSSR count). The number of H-pyrrole nitrogens is 1. The van der Waals surface area contributed by atoms with E-state index in [2.05, 4.69) is 21.7 Å². The second-order valence-electron chi connectivity index (χ2n) is 6.41. The molecule has 2 aliphatic heterocycles. The molecule has 23 heavy (non-hydrogen) atoms. The van der Waals surface area contributed by atoms with Crippen molar-refractivity contribution in [3.05, 3.63) is 30.1 Å². The van der Waals surface area contributed by atoms with Crippen LogP contribution in [0.2, 0.25) is 0 Å². The summed E-state index contributed by atoms with van der Waals surface area (Å²) < 4.78 is 0. The highest BCUT2D eigenvalue weighted by Gasteiger charge is 2.53. The van der Waals surface area contributed by atoms with Gasteiger partial charge in [-0.2, -0.15) is 5.10 Å². The molecule has 0 saturated carbocycles. The number of amides is 2. The van der Waals surface area contributed by atoms with Gasteiger partial charge in [0.15, 0.2) is 0 Å². The fraction of sp³-hybridized carbons (Fsp3) is 0.562. The lowest BCUT2D eigenvalue weighted by molar-refractivity contribution is -0.148. The first-order valence-corrected chi connectivity index (χ1v) is 7.91. The Kier molecular flexibility index (Phi) is 3.97. The van der Waals surface area contributed by atoms with E-state index in [1.807, 2.05) is 20.0 Å². The second kappa shape index (κ2) is 5.81. The summed E-state index contributed by atoms with van der Waals surface area (Å²) in [6, 6.07) is 1.74. The van der Waals surface area contributed by atoms with E-state index in [0.29, 0.717) is 38.3 Å². The monoisotopic (exact) mass is 317 g/mol. The number of hydrogen-bond donors (Lipinski definition) is 1. The predicted molar refractivity (Wildman–Crippen MR) is 86.0 cm³/mol. The topological polar surface area (TPSA) is 72.5 Å². The number of aryl methyl sites for hydroxylation is 1. The summed E-state index contributed by atoms with van der Waals surface area (Å²) in [6.45, 7) is 8.81. The summed E-state index contributed by atoms with van der Waals surface area (Å²) in [4.78, 5) is 31.1. The molecule has 2 aliphatic rings. The van der Waals surface area contributed by atoms with Crippen LogP contribution in [0.25, 0.3) is 0 Å². The van der Waals surface area contributed by atoms with Crippen molar-refractivity contribution in [2.45, 2.75) is 18.9 Å². The number of aromatic nitrogens is 2. The van der Waals surface area contributed by atoms with Gasteiger partial charge in [-0.1, -0.05) is 6.08 Å². The molecule has 0 radical (unpaired) electrons. The van der Waals surface area contributed by atoms with Gasteiger partial charge in [-0.05, 0) is 19.4 Å². The molecular weight excluding hydrogens is 294 g/mol. The first kappa shape index (κ1) is 15.7. The van der Waals surface area contributed by atoms with Crippen LogP contribution in [0.1, 0.15) is 22.6 Å². The van der Waals surface area contributed by atoms with Crippen LogP contribution in [-0.2, 0) is 4.79 Å². The van der Waals surface area contributed by atoms with Crippen LogP contribution in [0.5, 0.6) is 0 Å². The van der Waals surface area contributed by atoms with E-state index < -0.39 is 5.54 Å². The number of likely N-dealkylation sites (N-methyl/N-ethyl adjacent to an activating group) is 1. The summed E-state index contributed by atoms with van der Waals surface area (Å²) in [5.74, 6) is -0.0232. The molecule has 1 N–H and O–H groups in total. The minimum absolute atomic E-state index is 0.0964. The third kappa shape index (κ3) is 2.55. The quantitative estimate of drug-likeness (QED) is 0.812. The third-order valence-corrected chi connectivity index (χ3v) is 4.86. The Morgan fingerprint density at radius 2 is 2.26 bits per heavy atom. The van der Waals surface area contributed by atoms with Crippen LogP contribution in [-0.4, -0.2) is 82.0 Å². The molecule has 2 fully saturated rings. The molecule has 0 aliphatic carbocycles. The number of nitrogens with zero attached hydrogens (tertiary/aromatic N) is 4. The second-order valence-corrected chi connectivity index (χ2v) is 6.41. The Hall–Kier alpha value is -2.15. The first-order chi connectivity index (χ1) is 11.0. The van der Waals surface area contributed by atoms with Crippen LogP contribution >= 0.6 is 0 Å². The van der Waals surface area contributed by atoms with Crippen LogP contribution in [0, 0.1) is 6.92 Å². The maximum Gasteiger partial charge on any atom is 0.274 e. The van der Waals surface area contributed by atoms with Gasteiger partial charge in [-0.15, -0.1) is 6.58 Å². The molecule has 1 atom stereocenters. The lowest BCUT2D eigenvalue weighted by atomic mass is 9.91. The molecule has 2 amide bonds. The zero-order chi connectivity index (χ0) is 16.6. The molecule has 0 unspecified atom stereocenters.